The number of carbonyl (C=O) groups excluding carboxylic acids is 1. The molecule has 1 aromatic heterocycles. The number of nitrogens with one attached hydrogen (secondary N) is 3. The number of para-hydroxylation sites is 1. The van der Waals surface area contributed by atoms with Crippen LogP contribution in [0, 0.1) is 13.8 Å². The van der Waals surface area contributed by atoms with E-state index in [0.29, 0.717) is 6.54 Å². The number of benzene rings is 1. The summed E-state index contributed by atoms with van der Waals surface area (Å²) in [6.45, 7) is 6.07. The predicted molar refractivity (Wildman–Crippen MR) is 76.1 cm³/mol. The third-order valence-corrected chi connectivity index (χ3v) is 2.91. The van der Waals surface area contributed by atoms with Crippen LogP contribution in [-0.2, 0) is 11.3 Å². The summed E-state index contributed by atoms with van der Waals surface area (Å²) >= 11 is 0. The minimum atomic E-state index is -0.0666. The zero-order valence-corrected chi connectivity index (χ0v) is 11.4. The van der Waals surface area contributed by atoms with Gasteiger partial charge >= 0.3 is 0 Å². The molecule has 3 N–H and O–H groups in total. The molecule has 0 aliphatic carbocycles. The lowest BCUT2D eigenvalue weighted by Gasteiger charge is -2.11. The number of anilines is 2. The van der Waals surface area contributed by atoms with E-state index < -0.39 is 0 Å². The van der Waals surface area contributed by atoms with Crippen LogP contribution < -0.4 is 10.6 Å². The van der Waals surface area contributed by atoms with Gasteiger partial charge in [0.25, 0.3) is 0 Å². The fraction of sp³-hybridized carbons (Fsp3) is 0.286. The van der Waals surface area contributed by atoms with E-state index in [9.17, 15) is 4.79 Å². The summed E-state index contributed by atoms with van der Waals surface area (Å²) in [5.41, 5.74) is 4.83. The lowest BCUT2D eigenvalue weighted by molar-refractivity contribution is -0.114. The van der Waals surface area contributed by atoms with Gasteiger partial charge in [0.05, 0.1) is 17.1 Å². The molecule has 100 valence electrons. The highest BCUT2D eigenvalue weighted by molar-refractivity contribution is 5.89. The second-order valence-corrected chi connectivity index (χ2v) is 4.50. The number of hydrogen-bond donors (Lipinski definition) is 3. The van der Waals surface area contributed by atoms with E-state index in [1.54, 1.807) is 0 Å². The van der Waals surface area contributed by atoms with Gasteiger partial charge in [0, 0.05) is 19.2 Å². The molecule has 1 aromatic carbocycles. The summed E-state index contributed by atoms with van der Waals surface area (Å²) in [5.74, 6) is -0.0666. The summed E-state index contributed by atoms with van der Waals surface area (Å²) < 4.78 is 0. The number of H-pyrrole nitrogens is 1. The molecule has 0 aliphatic rings. The Morgan fingerprint density at radius 2 is 2.05 bits per heavy atom. The zero-order chi connectivity index (χ0) is 13.8. The number of aromatic amines is 1. The van der Waals surface area contributed by atoms with Gasteiger partial charge in [-0.3, -0.25) is 9.89 Å². The molecule has 0 unspecified atom stereocenters. The predicted octanol–water partition coefficient (Wildman–Crippen LogP) is 2.60. The van der Waals surface area contributed by atoms with Crippen LogP contribution >= 0.6 is 0 Å². The van der Waals surface area contributed by atoms with E-state index in [1.165, 1.54) is 6.92 Å². The Morgan fingerprint density at radius 1 is 1.32 bits per heavy atom. The second kappa shape index (κ2) is 5.56. The van der Waals surface area contributed by atoms with Crippen molar-refractivity contribution in [2.45, 2.75) is 27.3 Å². The van der Waals surface area contributed by atoms with Gasteiger partial charge in [-0.05, 0) is 25.5 Å². The molecule has 0 fully saturated rings. The molecule has 0 spiro atoms. The Labute approximate surface area is 112 Å². The van der Waals surface area contributed by atoms with Gasteiger partial charge in [-0.1, -0.05) is 18.2 Å². The number of nitrogens with zero attached hydrogens (tertiary/aromatic N) is 1. The molecule has 1 amide bonds. The van der Waals surface area contributed by atoms with Gasteiger partial charge < -0.3 is 10.6 Å². The van der Waals surface area contributed by atoms with Crippen molar-refractivity contribution in [2.75, 3.05) is 10.6 Å². The Balaban J connectivity index is 2.13. The zero-order valence-electron chi connectivity index (χ0n) is 11.4. The Hall–Kier alpha value is -2.30. The van der Waals surface area contributed by atoms with Crippen LogP contribution in [-0.4, -0.2) is 16.1 Å². The van der Waals surface area contributed by atoms with Crippen molar-refractivity contribution >= 4 is 17.3 Å². The first-order valence-corrected chi connectivity index (χ1v) is 6.19. The average Bonchev–Trinajstić information content (AvgIpc) is 2.68. The maximum atomic E-state index is 11.2. The first-order chi connectivity index (χ1) is 9.08. The highest BCUT2D eigenvalue weighted by Gasteiger charge is 2.07. The number of amides is 1. The fourth-order valence-electron chi connectivity index (χ4n) is 1.98. The van der Waals surface area contributed by atoms with Crippen molar-refractivity contribution in [3.63, 3.8) is 0 Å². The van der Waals surface area contributed by atoms with Crippen LogP contribution in [0.4, 0.5) is 11.4 Å². The number of rotatable bonds is 4. The van der Waals surface area contributed by atoms with Gasteiger partial charge in [-0.2, -0.15) is 5.10 Å². The molecule has 0 saturated heterocycles. The van der Waals surface area contributed by atoms with Crippen molar-refractivity contribution in [3.05, 3.63) is 41.2 Å². The minimum Gasteiger partial charge on any atom is -0.378 e. The summed E-state index contributed by atoms with van der Waals surface area (Å²) in [6, 6.07) is 7.75. The van der Waals surface area contributed by atoms with Gasteiger partial charge in [-0.15, -0.1) is 0 Å². The lowest BCUT2D eigenvalue weighted by atomic mass is 10.1. The van der Waals surface area contributed by atoms with E-state index in [2.05, 4.69) is 20.8 Å². The van der Waals surface area contributed by atoms with Crippen molar-refractivity contribution in [1.82, 2.24) is 10.2 Å². The topological polar surface area (TPSA) is 69.8 Å². The van der Waals surface area contributed by atoms with Gasteiger partial charge in [0.2, 0.25) is 5.91 Å². The summed E-state index contributed by atoms with van der Waals surface area (Å²) in [5, 5.41) is 13.3. The first-order valence-electron chi connectivity index (χ1n) is 6.19. The fourth-order valence-corrected chi connectivity index (χ4v) is 1.98. The van der Waals surface area contributed by atoms with Crippen molar-refractivity contribution in [2.24, 2.45) is 0 Å². The third-order valence-electron chi connectivity index (χ3n) is 2.91. The molecule has 1 heterocycles. The van der Waals surface area contributed by atoms with E-state index in [-0.39, 0.29) is 5.91 Å². The van der Waals surface area contributed by atoms with Gasteiger partial charge in [0.1, 0.15) is 0 Å². The van der Waals surface area contributed by atoms with Crippen molar-refractivity contribution < 1.29 is 4.79 Å². The molecule has 19 heavy (non-hydrogen) atoms. The van der Waals surface area contributed by atoms with Crippen LogP contribution in [0.25, 0.3) is 0 Å². The van der Waals surface area contributed by atoms with Crippen LogP contribution in [0.3, 0.4) is 0 Å². The maximum Gasteiger partial charge on any atom is 0.221 e. The molecule has 0 bridgehead atoms. The van der Waals surface area contributed by atoms with Gasteiger partial charge in [-0.25, -0.2) is 0 Å². The van der Waals surface area contributed by atoms with Crippen molar-refractivity contribution in [1.29, 1.82) is 0 Å². The largest absolute Gasteiger partial charge is 0.378 e. The van der Waals surface area contributed by atoms with Crippen LogP contribution in [0.2, 0.25) is 0 Å². The first kappa shape index (κ1) is 13.1. The number of aromatic nitrogens is 2. The molecule has 5 nitrogen and oxygen atoms in total. The minimum absolute atomic E-state index is 0.0666. The molecule has 0 aliphatic heterocycles. The summed E-state index contributed by atoms with van der Waals surface area (Å²) in [6.07, 6.45) is 0. The van der Waals surface area contributed by atoms with E-state index in [0.717, 1.165) is 28.3 Å². The quantitative estimate of drug-likeness (QED) is 0.789. The van der Waals surface area contributed by atoms with Crippen molar-refractivity contribution in [3.8, 4) is 0 Å². The number of hydrogen-bond acceptors (Lipinski definition) is 3. The van der Waals surface area contributed by atoms with Crippen LogP contribution in [0.15, 0.2) is 24.3 Å². The Morgan fingerprint density at radius 3 is 2.68 bits per heavy atom. The molecule has 0 saturated carbocycles. The highest BCUT2D eigenvalue weighted by Crippen LogP contribution is 2.20. The standard InChI is InChI=1S/C14H18N4O/c1-9-14(10(2)18-17-9)15-8-12-6-4-5-7-13(12)16-11(3)19/h4-7,15H,8H2,1-3H3,(H,16,19)(H,17,18). The number of aryl methyl sites for hydroxylation is 2. The second-order valence-electron chi connectivity index (χ2n) is 4.50. The molecule has 0 atom stereocenters. The summed E-state index contributed by atoms with van der Waals surface area (Å²) in [7, 11) is 0. The normalized spacial score (nSPS) is 10.3. The van der Waals surface area contributed by atoms with Crippen LogP contribution in [0.5, 0.6) is 0 Å². The third kappa shape index (κ3) is 3.13. The van der Waals surface area contributed by atoms with Crippen LogP contribution in [0.1, 0.15) is 23.9 Å². The van der Waals surface area contributed by atoms with E-state index in [4.69, 9.17) is 0 Å². The molecule has 2 aromatic rings. The molecular weight excluding hydrogens is 240 g/mol. The molecule has 0 radical (unpaired) electrons. The molecule has 2 rings (SSSR count). The number of carbonyl (C=O) groups is 1. The smallest absolute Gasteiger partial charge is 0.221 e. The Kier molecular flexibility index (Phi) is 3.85. The monoisotopic (exact) mass is 258 g/mol. The maximum absolute atomic E-state index is 11.2. The molecule has 5 heteroatoms. The highest BCUT2D eigenvalue weighted by atomic mass is 16.1. The van der Waals surface area contributed by atoms with E-state index >= 15 is 0 Å². The average molecular weight is 258 g/mol. The molecular formula is C14H18N4O. The summed E-state index contributed by atoms with van der Waals surface area (Å²) in [4.78, 5) is 11.2. The Bertz CT molecular complexity index is 569. The van der Waals surface area contributed by atoms with E-state index in [1.807, 2.05) is 38.1 Å². The lowest BCUT2D eigenvalue weighted by Crippen LogP contribution is -2.10. The van der Waals surface area contributed by atoms with Gasteiger partial charge in [0.15, 0.2) is 0 Å². The SMILES string of the molecule is CC(=O)Nc1ccccc1CNc1c(C)n[nH]c1C.